The lowest BCUT2D eigenvalue weighted by Gasteiger charge is -2.11. The van der Waals surface area contributed by atoms with Gasteiger partial charge in [-0.05, 0) is 35.4 Å². The minimum absolute atomic E-state index is 0.173. The van der Waals surface area contributed by atoms with Gasteiger partial charge in [-0.25, -0.2) is 13.1 Å². The molecule has 0 saturated carbocycles. The van der Waals surface area contributed by atoms with E-state index < -0.39 is 10.0 Å². The normalized spacial score (nSPS) is 11.4. The van der Waals surface area contributed by atoms with Gasteiger partial charge in [-0.1, -0.05) is 0 Å². The maximum Gasteiger partial charge on any atom is 0.244 e. The molecule has 0 atom stereocenters. The molecule has 7 heteroatoms. The van der Waals surface area contributed by atoms with E-state index in [0.717, 1.165) is 5.56 Å². The van der Waals surface area contributed by atoms with E-state index in [1.165, 1.54) is 17.5 Å². The first kappa shape index (κ1) is 14.0. The van der Waals surface area contributed by atoms with Crippen LogP contribution in [0.4, 0.5) is 5.69 Å². The van der Waals surface area contributed by atoms with Crippen LogP contribution in [0.25, 0.3) is 0 Å². The SMILES string of the molecule is CCNc1ccncc1S(=O)(=O)NCc1ccsc1. The largest absolute Gasteiger partial charge is 0.384 e. The van der Waals surface area contributed by atoms with Crippen LogP contribution in [-0.2, 0) is 16.6 Å². The van der Waals surface area contributed by atoms with E-state index in [2.05, 4.69) is 15.0 Å². The summed E-state index contributed by atoms with van der Waals surface area (Å²) in [6.45, 7) is 2.85. The number of nitrogens with zero attached hydrogens (tertiary/aromatic N) is 1. The fraction of sp³-hybridized carbons (Fsp3) is 0.250. The molecule has 2 rings (SSSR count). The lowest BCUT2D eigenvalue weighted by Crippen LogP contribution is -2.24. The zero-order chi connectivity index (χ0) is 13.7. The maximum absolute atomic E-state index is 12.2. The highest BCUT2D eigenvalue weighted by atomic mass is 32.2. The van der Waals surface area contributed by atoms with Crippen LogP contribution in [0.2, 0.25) is 0 Å². The Morgan fingerprint density at radius 1 is 1.37 bits per heavy atom. The third kappa shape index (κ3) is 3.52. The summed E-state index contributed by atoms with van der Waals surface area (Å²) < 4.78 is 27.0. The zero-order valence-corrected chi connectivity index (χ0v) is 12.1. The molecule has 0 unspecified atom stereocenters. The number of aromatic nitrogens is 1. The molecule has 0 spiro atoms. The summed E-state index contributed by atoms with van der Waals surface area (Å²) in [5.74, 6) is 0. The van der Waals surface area contributed by atoms with Crippen molar-refractivity contribution in [2.75, 3.05) is 11.9 Å². The molecule has 0 aromatic carbocycles. The van der Waals surface area contributed by atoms with Gasteiger partial charge in [-0.15, -0.1) is 0 Å². The first-order valence-corrected chi connectivity index (χ1v) is 8.24. The third-order valence-electron chi connectivity index (χ3n) is 2.49. The number of hydrogen-bond acceptors (Lipinski definition) is 5. The van der Waals surface area contributed by atoms with Gasteiger partial charge in [0.15, 0.2) is 0 Å². The fourth-order valence-corrected chi connectivity index (χ4v) is 3.39. The topological polar surface area (TPSA) is 71.1 Å². The van der Waals surface area contributed by atoms with Crippen molar-refractivity contribution in [1.82, 2.24) is 9.71 Å². The van der Waals surface area contributed by atoms with E-state index in [9.17, 15) is 8.42 Å². The van der Waals surface area contributed by atoms with Crippen LogP contribution in [0.1, 0.15) is 12.5 Å². The average molecular weight is 297 g/mol. The Kier molecular flexibility index (Phi) is 4.52. The average Bonchev–Trinajstić information content (AvgIpc) is 2.91. The number of anilines is 1. The van der Waals surface area contributed by atoms with Gasteiger partial charge in [0.1, 0.15) is 4.90 Å². The van der Waals surface area contributed by atoms with Gasteiger partial charge in [0, 0.05) is 25.5 Å². The number of thiophene rings is 1. The van der Waals surface area contributed by atoms with Gasteiger partial charge >= 0.3 is 0 Å². The van der Waals surface area contributed by atoms with Crippen molar-refractivity contribution >= 4 is 27.0 Å². The Labute approximate surface area is 116 Å². The molecule has 0 radical (unpaired) electrons. The second-order valence-corrected chi connectivity index (χ2v) is 6.37. The first-order chi connectivity index (χ1) is 9.13. The Balaban J connectivity index is 2.19. The van der Waals surface area contributed by atoms with Crippen molar-refractivity contribution < 1.29 is 8.42 Å². The van der Waals surface area contributed by atoms with Crippen molar-refractivity contribution in [2.24, 2.45) is 0 Å². The highest BCUT2D eigenvalue weighted by molar-refractivity contribution is 7.89. The van der Waals surface area contributed by atoms with Crippen molar-refractivity contribution in [3.8, 4) is 0 Å². The number of sulfonamides is 1. The molecule has 2 aromatic heterocycles. The molecule has 0 aliphatic heterocycles. The molecule has 2 N–H and O–H groups in total. The Morgan fingerprint density at radius 3 is 2.89 bits per heavy atom. The summed E-state index contributed by atoms with van der Waals surface area (Å²) in [4.78, 5) is 4.05. The van der Waals surface area contributed by atoms with E-state index in [1.54, 1.807) is 12.3 Å². The van der Waals surface area contributed by atoms with E-state index in [4.69, 9.17) is 0 Å². The molecule has 102 valence electrons. The van der Waals surface area contributed by atoms with Crippen molar-refractivity contribution in [3.05, 3.63) is 40.8 Å². The van der Waals surface area contributed by atoms with Gasteiger partial charge in [0.25, 0.3) is 0 Å². The van der Waals surface area contributed by atoms with Gasteiger partial charge in [-0.2, -0.15) is 11.3 Å². The summed E-state index contributed by atoms with van der Waals surface area (Å²) in [6.07, 6.45) is 2.92. The summed E-state index contributed by atoms with van der Waals surface area (Å²) in [7, 11) is -3.56. The number of rotatable bonds is 6. The van der Waals surface area contributed by atoms with Gasteiger partial charge in [-0.3, -0.25) is 4.98 Å². The standard InChI is InChI=1S/C12H15N3O2S2/c1-2-14-11-3-5-13-8-12(11)19(16,17)15-7-10-4-6-18-9-10/h3-6,8-9,15H,2,7H2,1H3,(H,13,14). The molecule has 2 heterocycles. The van der Waals surface area contributed by atoms with E-state index >= 15 is 0 Å². The summed E-state index contributed by atoms with van der Waals surface area (Å²) in [5.41, 5.74) is 1.51. The number of hydrogen-bond donors (Lipinski definition) is 2. The van der Waals surface area contributed by atoms with Crippen molar-refractivity contribution in [1.29, 1.82) is 0 Å². The van der Waals surface area contributed by atoms with Crippen LogP contribution >= 0.6 is 11.3 Å². The maximum atomic E-state index is 12.2. The second kappa shape index (κ2) is 6.14. The molecule has 2 aromatic rings. The highest BCUT2D eigenvalue weighted by Gasteiger charge is 2.18. The molecular weight excluding hydrogens is 282 g/mol. The van der Waals surface area contributed by atoms with E-state index in [-0.39, 0.29) is 11.4 Å². The third-order valence-corrected chi connectivity index (χ3v) is 4.65. The molecule has 0 amide bonds. The quantitative estimate of drug-likeness (QED) is 0.856. The molecule has 5 nitrogen and oxygen atoms in total. The highest BCUT2D eigenvalue weighted by Crippen LogP contribution is 2.19. The zero-order valence-electron chi connectivity index (χ0n) is 10.5. The predicted octanol–water partition coefficient (Wildman–Crippen LogP) is 2.05. The second-order valence-electron chi connectivity index (χ2n) is 3.86. The molecule has 0 bridgehead atoms. The summed E-state index contributed by atoms with van der Waals surface area (Å²) in [5, 5.41) is 6.85. The van der Waals surface area contributed by atoms with Crippen LogP contribution < -0.4 is 10.0 Å². The molecule has 19 heavy (non-hydrogen) atoms. The first-order valence-electron chi connectivity index (χ1n) is 5.82. The predicted molar refractivity (Wildman–Crippen MR) is 76.7 cm³/mol. The lowest BCUT2D eigenvalue weighted by molar-refractivity contribution is 0.581. The van der Waals surface area contributed by atoms with E-state index in [1.807, 2.05) is 23.8 Å². The smallest absolute Gasteiger partial charge is 0.244 e. The fourth-order valence-electron chi connectivity index (χ4n) is 1.58. The summed E-state index contributed by atoms with van der Waals surface area (Å²) in [6, 6.07) is 3.55. The molecular formula is C12H15N3O2S2. The van der Waals surface area contributed by atoms with Crippen LogP contribution in [0.3, 0.4) is 0 Å². The minimum Gasteiger partial charge on any atom is -0.384 e. The van der Waals surface area contributed by atoms with Gasteiger partial charge in [0.2, 0.25) is 10.0 Å². The lowest BCUT2D eigenvalue weighted by atomic mass is 10.4. The Bertz CT molecular complexity index is 624. The van der Waals surface area contributed by atoms with Crippen LogP contribution in [0.15, 0.2) is 40.2 Å². The Hall–Kier alpha value is -1.44. The van der Waals surface area contributed by atoms with Crippen molar-refractivity contribution in [3.63, 3.8) is 0 Å². The van der Waals surface area contributed by atoms with E-state index in [0.29, 0.717) is 12.2 Å². The van der Waals surface area contributed by atoms with Crippen LogP contribution in [0.5, 0.6) is 0 Å². The number of pyridine rings is 1. The van der Waals surface area contributed by atoms with Crippen molar-refractivity contribution in [2.45, 2.75) is 18.4 Å². The minimum atomic E-state index is -3.56. The Morgan fingerprint density at radius 2 is 2.21 bits per heavy atom. The number of nitrogens with one attached hydrogen (secondary N) is 2. The molecule has 0 saturated heterocycles. The van der Waals surface area contributed by atoms with Gasteiger partial charge in [0.05, 0.1) is 5.69 Å². The molecule has 0 aliphatic rings. The van der Waals surface area contributed by atoms with Crippen LogP contribution in [-0.4, -0.2) is 19.9 Å². The summed E-state index contributed by atoms with van der Waals surface area (Å²) >= 11 is 1.54. The van der Waals surface area contributed by atoms with Crippen LogP contribution in [0, 0.1) is 0 Å². The molecule has 0 aliphatic carbocycles. The van der Waals surface area contributed by atoms with Gasteiger partial charge < -0.3 is 5.32 Å². The monoisotopic (exact) mass is 297 g/mol. The molecule has 0 fully saturated rings.